The van der Waals surface area contributed by atoms with Crippen molar-refractivity contribution >= 4 is 23.7 Å². The number of hydrogen-bond donors (Lipinski definition) is 8. The Morgan fingerprint density at radius 3 is 1.83 bits per heavy atom. The van der Waals surface area contributed by atoms with Crippen molar-refractivity contribution in [3.8, 4) is 0 Å². The number of aliphatic hydroxyl groups excluding tert-OH is 3. The fourth-order valence-electron chi connectivity index (χ4n) is 1.43. The van der Waals surface area contributed by atoms with Gasteiger partial charge in [0.15, 0.2) is 0 Å². The fraction of sp³-hybridized carbons (Fsp3) is 0.667. The highest BCUT2D eigenvalue weighted by Crippen LogP contribution is 1.93. The van der Waals surface area contributed by atoms with Crippen LogP contribution in [0, 0.1) is 0 Å². The van der Waals surface area contributed by atoms with Crippen LogP contribution < -0.4 is 21.7 Å². The summed E-state index contributed by atoms with van der Waals surface area (Å²) in [5, 5.41) is 41.9. The van der Waals surface area contributed by atoms with E-state index in [2.05, 4.69) is 5.32 Å². The molecule has 0 aromatic carbocycles. The minimum atomic E-state index is -1.48. The summed E-state index contributed by atoms with van der Waals surface area (Å²) >= 11 is 0. The maximum atomic E-state index is 11.9. The molecule has 0 radical (unpaired) electrons. The Bertz CT molecular complexity index is 470. The third-order valence-corrected chi connectivity index (χ3v) is 2.87. The molecule has 0 heterocycles. The summed E-state index contributed by atoms with van der Waals surface area (Å²) in [6.45, 7) is -1.13. The molecule has 3 amide bonds. The second-order valence-electron chi connectivity index (χ2n) is 4.87. The van der Waals surface area contributed by atoms with Crippen molar-refractivity contribution in [2.75, 3.05) is 19.8 Å². The highest BCUT2D eigenvalue weighted by molar-refractivity contribution is 5.93. The number of amides is 3. The third-order valence-electron chi connectivity index (χ3n) is 2.87. The molecule has 0 aromatic rings. The van der Waals surface area contributed by atoms with E-state index in [0.29, 0.717) is 0 Å². The van der Waals surface area contributed by atoms with Crippen molar-refractivity contribution in [1.82, 2.24) is 16.0 Å². The van der Waals surface area contributed by atoms with Gasteiger partial charge in [0.05, 0.1) is 19.3 Å². The second kappa shape index (κ2) is 10.5. The van der Waals surface area contributed by atoms with Gasteiger partial charge in [-0.15, -0.1) is 0 Å². The molecule has 0 aliphatic carbocycles. The van der Waals surface area contributed by atoms with Crippen molar-refractivity contribution < 1.29 is 39.6 Å². The number of rotatable bonds is 10. The van der Waals surface area contributed by atoms with E-state index in [-0.39, 0.29) is 0 Å². The number of carboxylic acids is 1. The molecule has 12 heteroatoms. The minimum absolute atomic E-state index is 0.714. The van der Waals surface area contributed by atoms with Crippen LogP contribution in [0.3, 0.4) is 0 Å². The van der Waals surface area contributed by atoms with Crippen LogP contribution >= 0.6 is 0 Å². The minimum Gasteiger partial charge on any atom is -0.480 e. The maximum Gasteiger partial charge on any atom is 0.322 e. The first-order chi connectivity index (χ1) is 11.1. The molecule has 138 valence electrons. The Labute approximate surface area is 137 Å². The van der Waals surface area contributed by atoms with Gasteiger partial charge in [0.2, 0.25) is 17.7 Å². The number of hydrogen-bond acceptors (Lipinski definition) is 8. The van der Waals surface area contributed by atoms with E-state index in [9.17, 15) is 24.3 Å². The van der Waals surface area contributed by atoms with E-state index in [1.54, 1.807) is 0 Å². The van der Waals surface area contributed by atoms with Crippen molar-refractivity contribution in [3.63, 3.8) is 0 Å². The van der Waals surface area contributed by atoms with Gasteiger partial charge >= 0.3 is 5.97 Å². The topological polar surface area (TPSA) is 211 Å². The number of carboxylic acid groups (broad SMARTS) is 1. The second-order valence-corrected chi connectivity index (χ2v) is 4.87. The molecule has 0 saturated heterocycles. The molecule has 0 aliphatic heterocycles. The normalized spacial score (nSPS) is 15.5. The van der Waals surface area contributed by atoms with Gasteiger partial charge in [-0.2, -0.15) is 0 Å². The molecule has 0 spiro atoms. The van der Waals surface area contributed by atoms with Gasteiger partial charge in [0, 0.05) is 0 Å². The van der Waals surface area contributed by atoms with Gasteiger partial charge in [-0.25, -0.2) is 0 Å². The lowest BCUT2D eigenvalue weighted by atomic mass is 10.1. The van der Waals surface area contributed by atoms with Crippen molar-refractivity contribution in [2.45, 2.75) is 31.2 Å². The maximum absolute atomic E-state index is 11.9. The van der Waals surface area contributed by atoms with Crippen molar-refractivity contribution in [2.24, 2.45) is 5.73 Å². The van der Waals surface area contributed by atoms with Crippen LogP contribution in [0.1, 0.15) is 6.92 Å². The van der Waals surface area contributed by atoms with Gasteiger partial charge in [-0.1, -0.05) is 0 Å². The molecule has 0 rings (SSSR count). The Balaban J connectivity index is 4.74. The zero-order valence-corrected chi connectivity index (χ0v) is 12.9. The van der Waals surface area contributed by atoms with Crippen molar-refractivity contribution in [1.29, 1.82) is 0 Å². The molecule has 9 N–H and O–H groups in total. The number of carbonyl (C=O) groups excluding carboxylic acids is 3. The molecule has 4 atom stereocenters. The predicted octanol–water partition coefficient (Wildman–Crippen LogP) is -5.15. The largest absolute Gasteiger partial charge is 0.480 e. The summed E-state index contributed by atoms with van der Waals surface area (Å²) in [5.41, 5.74) is 5.37. The quantitative estimate of drug-likeness (QED) is 0.189. The molecule has 24 heavy (non-hydrogen) atoms. The van der Waals surface area contributed by atoms with Gasteiger partial charge in [-0.05, 0) is 6.92 Å². The highest BCUT2D eigenvalue weighted by atomic mass is 16.4. The van der Waals surface area contributed by atoms with Gasteiger partial charge in [-0.3, -0.25) is 19.2 Å². The molecule has 12 nitrogen and oxygen atoms in total. The summed E-state index contributed by atoms with van der Waals surface area (Å²) in [7, 11) is 0. The standard InChI is InChI=1S/C12H22N4O8/c1-5(19)9(13)12(24)16-7(4-18)11(23)15-6(3-17)10(22)14-2-8(20)21/h5-7,9,17-19H,2-4,13H2,1H3,(H,14,22)(H,15,23)(H,16,24)(H,20,21). The summed E-state index contributed by atoms with van der Waals surface area (Å²) in [6, 6.07) is -4.30. The molecular formula is C12H22N4O8. The average molecular weight is 350 g/mol. The van der Waals surface area contributed by atoms with Gasteiger partial charge in [0.1, 0.15) is 24.7 Å². The lowest BCUT2D eigenvalue weighted by Gasteiger charge is -2.22. The first-order valence-corrected chi connectivity index (χ1v) is 6.89. The molecule has 0 bridgehead atoms. The number of carbonyl (C=O) groups is 4. The monoisotopic (exact) mass is 350 g/mol. The zero-order chi connectivity index (χ0) is 18.9. The Hall–Kier alpha value is -2.28. The smallest absolute Gasteiger partial charge is 0.322 e. The Morgan fingerprint density at radius 1 is 0.958 bits per heavy atom. The number of nitrogens with one attached hydrogen (secondary N) is 3. The molecule has 4 unspecified atom stereocenters. The summed E-state index contributed by atoms with van der Waals surface area (Å²) in [5.74, 6) is -4.20. The van der Waals surface area contributed by atoms with Crippen molar-refractivity contribution in [3.05, 3.63) is 0 Å². The van der Waals surface area contributed by atoms with E-state index >= 15 is 0 Å². The van der Waals surface area contributed by atoms with Crippen LogP contribution in [-0.4, -0.2) is 88.1 Å². The van der Waals surface area contributed by atoms with Crippen LogP contribution in [0.25, 0.3) is 0 Å². The number of nitrogens with two attached hydrogens (primary N) is 1. The van der Waals surface area contributed by atoms with Crippen LogP contribution in [0.4, 0.5) is 0 Å². The molecular weight excluding hydrogens is 328 g/mol. The Kier molecular flexibility index (Phi) is 9.49. The molecule has 0 saturated carbocycles. The lowest BCUT2D eigenvalue weighted by Crippen LogP contribution is -2.59. The third kappa shape index (κ3) is 7.32. The van der Waals surface area contributed by atoms with Crippen LogP contribution in [0.15, 0.2) is 0 Å². The fourth-order valence-corrected chi connectivity index (χ4v) is 1.43. The van der Waals surface area contributed by atoms with Gasteiger partial charge in [0.25, 0.3) is 0 Å². The first kappa shape index (κ1) is 21.7. The summed E-state index contributed by atoms with van der Waals surface area (Å²) in [4.78, 5) is 45.5. The number of aliphatic carboxylic acids is 1. The van der Waals surface area contributed by atoms with E-state index < -0.39 is 67.7 Å². The van der Waals surface area contributed by atoms with Crippen LogP contribution in [0.2, 0.25) is 0 Å². The summed E-state index contributed by atoms with van der Waals surface area (Å²) < 4.78 is 0. The highest BCUT2D eigenvalue weighted by Gasteiger charge is 2.28. The van der Waals surface area contributed by atoms with E-state index in [1.165, 1.54) is 6.92 Å². The zero-order valence-electron chi connectivity index (χ0n) is 12.9. The van der Waals surface area contributed by atoms with Gasteiger partial charge < -0.3 is 42.1 Å². The van der Waals surface area contributed by atoms with E-state index in [4.69, 9.17) is 21.1 Å². The number of aliphatic hydroxyl groups is 3. The molecule has 0 aliphatic rings. The van der Waals surface area contributed by atoms with Crippen LogP contribution in [0.5, 0.6) is 0 Å². The van der Waals surface area contributed by atoms with Crippen LogP contribution in [-0.2, 0) is 19.2 Å². The first-order valence-electron chi connectivity index (χ1n) is 6.89. The average Bonchev–Trinajstić information content (AvgIpc) is 2.53. The van der Waals surface area contributed by atoms with E-state index in [1.807, 2.05) is 10.6 Å². The SMILES string of the molecule is CC(O)C(N)C(=O)NC(CO)C(=O)NC(CO)C(=O)NCC(=O)O. The Morgan fingerprint density at radius 2 is 1.42 bits per heavy atom. The summed E-state index contributed by atoms with van der Waals surface area (Å²) in [6.07, 6.45) is -1.20. The lowest BCUT2D eigenvalue weighted by molar-refractivity contribution is -0.139. The molecule has 0 aromatic heterocycles. The molecule has 0 fully saturated rings. The predicted molar refractivity (Wildman–Crippen MR) is 78.3 cm³/mol. The van der Waals surface area contributed by atoms with E-state index in [0.717, 1.165) is 0 Å².